The van der Waals surface area contributed by atoms with Gasteiger partial charge >= 0.3 is 8.60 Å². The Morgan fingerprint density at radius 1 is 0.459 bits per heavy atom. The maximum absolute atomic E-state index is 10.4. The molecule has 3 N–H and O–H groups in total. The van der Waals surface area contributed by atoms with Crippen LogP contribution in [0.15, 0.2) is 54.6 Å². The summed E-state index contributed by atoms with van der Waals surface area (Å²) in [4.78, 5) is 0. The molecule has 0 aromatic heterocycles. The van der Waals surface area contributed by atoms with Gasteiger partial charge in [0.25, 0.3) is 0 Å². The summed E-state index contributed by atoms with van der Waals surface area (Å²) in [6.07, 6.45) is 0. The molecule has 3 aromatic carbocycles. The summed E-state index contributed by atoms with van der Waals surface area (Å²) in [6.45, 7) is 18.1. The van der Waals surface area contributed by atoms with Crippen LogP contribution < -0.4 is 13.6 Å². The van der Waals surface area contributed by atoms with Gasteiger partial charge in [-0.05, 0) is 70.8 Å². The molecule has 0 heterocycles. The molecule has 200 valence electrons. The second-order valence-corrected chi connectivity index (χ2v) is 13.3. The van der Waals surface area contributed by atoms with E-state index in [4.69, 9.17) is 13.6 Å². The first-order valence-corrected chi connectivity index (χ1v) is 13.4. The lowest BCUT2D eigenvalue weighted by molar-refractivity contribution is 0.381. The van der Waals surface area contributed by atoms with Crippen molar-refractivity contribution in [3.05, 3.63) is 71.3 Å². The highest BCUT2D eigenvalue weighted by Crippen LogP contribution is 2.46. The fourth-order valence-corrected chi connectivity index (χ4v) is 4.80. The summed E-state index contributed by atoms with van der Waals surface area (Å²) in [5.41, 5.74) is 1.30. The summed E-state index contributed by atoms with van der Waals surface area (Å²) in [5, 5.41) is 31.1. The van der Waals surface area contributed by atoms with Gasteiger partial charge in [-0.15, -0.1) is 0 Å². The Morgan fingerprint density at radius 3 is 0.919 bits per heavy atom. The van der Waals surface area contributed by atoms with E-state index in [0.29, 0.717) is 17.2 Å². The predicted molar refractivity (Wildman–Crippen MR) is 149 cm³/mol. The van der Waals surface area contributed by atoms with Crippen LogP contribution in [0.2, 0.25) is 0 Å². The van der Waals surface area contributed by atoms with Crippen molar-refractivity contribution in [2.24, 2.45) is 0 Å². The molecule has 0 fully saturated rings. The molecular formula is C30H39O6P. The molecule has 0 spiro atoms. The Balaban J connectivity index is 2.00. The minimum Gasteiger partial charge on any atom is -0.508 e. The molecule has 0 aliphatic heterocycles. The first-order chi connectivity index (χ1) is 16.9. The van der Waals surface area contributed by atoms with Crippen molar-refractivity contribution >= 4 is 8.60 Å². The molecule has 0 amide bonds. The number of phenolic OH excluding ortho intramolecular Hbond substituents is 3. The van der Waals surface area contributed by atoms with E-state index in [1.165, 1.54) is 0 Å². The molecule has 0 saturated heterocycles. The Kier molecular flexibility index (Phi) is 7.95. The highest BCUT2D eigenvalue weighted by molar-refractivity contribution is 7.43. The monoisotopic (exact) mass is 526 g/mol. The fourth-order valence-electron chi connectivity index (χ4n) is 3.83. The molecule has 0 unspecified atom stereocenters. The van der Waals surface area contributed by atoms with E-state index in [1.807, 2.05) is 62.3 Å². The quantitative estimate of drug-likeness (QED) is 0.279. The highest BCUT2D eigenvalue weighted by Gasteiger charge is 2.26. The standard InChI is InChI=1S/C30H39O6P/c1-28(2,3)22-16-19(10-13-25(22)31)34-37(35-20-11-14-26(32)23(17-20)29(4,5)6)36-21-12-15-27(33)24(18-21)30(7,8)9/h10-18,31-33H,1-9H3. The van der Waals surface area contributed by atoms with E-state index in [-0.39, 0.29) is 33.5 Å². The van der Waals surface area contributed by atoms with Crippen molar-refractivity contribution in [2.45, 2.75) is 78.6 Å². The van der Waals surface area contributed by atoms with Crippen molar-refractivity contribution < 1.29 is 28.9 Å². The second-order valence-electron chi connectivity index (χ2n) is 12.3. The lowest BCUT2D eigenvalue weighted by atomic mass is 9.86. The van der Waals surface area contributed by atoms with Crippen molar-refractivity contribution in [2.75, 3.05) is 0 Å². The third-order valence-corrected chi connectivity index (χ3v) is 6.95. The van der Waals surface area contributed by atoms with Gasteiger partial charge in [0.05, 0.1) is 0 Å². The summed E-state index contributed by atoms with van der Waals surface area (Å²) < 4.78 is 18.6. The fraction of sp³-hybridized carbons (Fsp3) is 0.400. The molecule has 37 heavy (non-hydrogen) atoms. The summed E-state index contributed by atoms with van der Waals surface area (Å²) in [6, 6.07) is 15.1. The normalized spacial score (nSPS) is 12.5. The summed E-state index contributed by atoms with van der Waals surface area (Å²) in [5.74, 6) is 2.02. The Bertz CT molecular complexity index is 1090. The van der Waals surface area contributed by atoms with Crippen molar-refractivity contribution in [1.82, 2.24) is 0 Å². The average Bonchev–Trinajstić information content (AvgIpc) is 2.75. The molecule has 0 radical (unpaired) electrons. The third-order valence-electron chi connectivity index (χ3n) is 5.87. The SMILES string of the molecule is CC(C)(C)c1cc(OP(Oc2ccc(O)c(C(C)(C)C)c2)Oc2ccc(O)c(C(C)(C)C)c2)ccc1O. The van der Waals surface area contributed by atoms with Crippen molar-refractivity contribution in [3.63, 3.8) is 0 Å². The van der Waals surface area contributed by atoms with Gasteiger partial charge in [-0.3, -0.25) is 0 Å². The number of phenols is 3. The molecule has 0 atom stereocenters. The van der Waals surface area contributed by atoms with Gasteiger partial charge in [0.15, 0.2) is 0 Å². The number of aromatic hydroxyl groups is 3. The second kappa shape index (κ2) is 10.3. The van der Waals surface area contributed by atoms with Gasteiger partial charge in [0, 0.05) is 16.7 Å². The lowest BCUT2D eigenvalue weighted by Crippen LogP contribution is -2.13. The number of hydrogen-bond donors (Lipinski definition) is 3. The maximum Gasteiger partial charge on any atom is 0.530 e. The molecular weight excluding hydrogens is 487 g/mol. The van der Waals surface area contributed by atoms with Gasteiger partial charge < -0.3 is 28.9 Å². The van der Waals surface area contributed by atoms with Crippen LogP contribution in [0, 0.1) is 0 Å². The first kappa shape index (κ1) is 28.5. The maximum atomic E-state index is 10.4. The van der Waals surface area contributed by atoms with Crippen LogP contribution in [0.4, 0.5) is 0 Å². The van der Waals surface area contributed by atoms with Crippen LogP contribution in [-0.2, 0) is 16.2 Å². The first-order valence-electron chi connectivity index (χ1n) is 12.3. The van der Waals surface area contributed by atoms with Crippen LogP contribution >= 0.6 is 8.60 Å². The van der Waals surface area contributed by atoms with Gasteiger partial charge in [-0.25, -0.2) is 0 Å². The smallest absolute Gasteiger partial charge is 0.508 e. The number of hydrogen-bond acceptors (Lipinski definition) is 6. The third kappa shape index (κ3) is 7.23. The van der Waals surface area contributed by atoms with Gasteiger partial charge in [0.2, 0.25) is 0 Å². The zero-order chi connectivity index (χ0) is 27.8. The Hall–Kier alpha value is -3.11. The molecule has 0 bridgehead atoms. The number of benzene rings is 3. The minimum absolute atomic E-state index is 0.188. The molecule has 7 heteroatoms. The summed E-state index contributed by atoms with van der Waals surface area (Å²) in [7, 11) is -2.01. The molecule has 0 aliphatic carbocycles. The topological polar surface area (TPSA) is 88.4 Å². The van der Waals surface area contributed by atoms with E-state index in [0.717, 1.165) is 16.7 Å². The van der Waals surface area contributed by atoms with Crippen molar-refractivity contribution in [1.29, 1.82) is 0 Å². The van der Waals surface area contributed by atoms with E-state index < -0.39 is 8.60 Å². The molecule has 0 saturated carbocycles. The molecule has 6 nitrogen and oxygen atoms in total. The minimum atomic E-state index is -2.01. The lowest BCUT2D eigenvalue weighted by Gasteiger charge is -2.25. The van der Waals surface area contributed by atoms with Crippen LogP contribution in [0.5, 0.6) is 34.5 Å². The number of rotatable bonds is 6. The van der Waals surface area contributed by atoms with Crippen LogP contribution in [-0.4, -0.2) is 15.3 Å². The Morgan fingerprint density at radius 2 is 0.703 bits per heavy atom. The van der Waals surface area contributed by atoms with E-state index in [1.54, 1.807) is 54.6 Å². The summed E-state index contributed by atoms with van der Waals surface area (Å²) >= 11 is 0. The average molecular weight is 527 g/mol. The zero-order valence-electron chi connectivity index (χ0n) is 23.2. The van der Waals surface area contributed by atoms with Crippen LogP contribution in [0.1, 0.15) is 79.0 Å². The van der Waals surface area contributed by atoms with Crippen LogP contribution in [0.25, 0.3) is 0 Å². The van der Waals surface area contributed by atoms with E-state index in [2.05, 4.69) is 0 Å². The van der Waals surface area contributed by atoms with E-state index >= 15 is 0 Å². The van der Waals surface area contributed by atoms with Crippen LogP contribution in [0.3, 0.4) is 0 Å². The van der Waals surface area contributed by atoms with Gasteiger partial charge in [-0.1, -0.05) is 62.3 Å². The molecule has 3 aromatic rings. The highest BCUT2D eigenvalue weighted by atomic mass is 31.2. The molecule has 3 rings (SSSR count). The predicted octanol–water partition coefficient (Wildman–Crippen LogP) is 8.46. The van der Waals surface area contributed by atoms with Crippen molar-refractivity contribution in [3.8, 4) is 34.5 Å². The Labute approximate surface area is 221 Å². The van der Waals surface area contributed by atoms with Gasteiger partial charge in [0.1, 0.15) is 34.5 Å². The van der Waals surface area contributed by atoms with Gasteiger partial charge in [-0.2, -0.15) is 0 Å². The van der Waals surface area contributed by atoms with E-state index in [9.17, 15) is 15.3 Å². The zero-order valence-corrected chi connectivity index (χ0v) is 24.1. The molecule has 0 aliphatic rings. The largest absolute Gasteiger partial charge is 0.530 e.